The first-order chi connectivity index (χ1) is 8.42. The second-order valence-corrected chi connectivity index (χ2v) is 6.12. The first-order valence-corrected chi connectivity index (χ1v) is 7.02. The van der Waals surface area contributed by atoms with Crippen LogP contribution in [0.5, 0.6) is 0 Å². The maximum absolute atomic E-state index is 12.7. The van der Waals surface area contributed by atoms with E-state index in [1.807, 2.05) is 0 Å². The predicted molar refractivity (Wildman–Crippen MR) is 72.4 cm³/mol. The number of thioether (sulfide) groups is 1. The van der Waals surface area contributed by atoms with Gasteiger partial charge in [-0.25, -0.2) is 4.39 Å². The van der Waals surface area contributed by atoms with Crippen LogP contribution in [0.1, 0.15) is 33.1 Å². The molecule has 0 unspecified atom stereocenters. The molecule has 2 nitrogen and oxygen atoms in total. The van der Waals surface area contributed by atoms with Gasteiger partial charge in [-0.05, 0) is 56.7 Å². The zero-order valence-corrected chi connectivity index (χ0v) is 11.6. The lowest BCUT2D eigenvalue weighted by Gasteiger charge is -2.18. The molecule has 1 rings (SSSR count). The summed E-state index contributed by atoms with van der Waals surface area (Å²) in [7, 11) is 0. The molecule has 0 aromatic heterocycles. The second kappa shape index (κ2) is 6.78. The SMILES string of the molecule is CC(C)(CCCCSc1ccc(F)cc1)C(=O)O. The number of unbranched alkanes of at least 4 members (excludes halogenated alkanes) is 1. The van der Waals surface area contributed by atoms with Gasteiger partial charge < -0.3 is 5.11 Å². The number of hydrogen-bond donors (Lipinski definition) is 1. The van der Waals surface area contributed by atoms with Gasteiger partial charge in [0.05, 0.1) is 5.41 Å². The summed E-state index contributed by atoms with van der Waals surface area (Å²) in [4.78, 5) is 11.9. The minimum atomic E-state index is -0.742. The van der Waals surface area contributed by atoms with Crippen LogP contribution in [0, 0.1) is 11.2 Å². The molecule has 1 N–H and O–H groups in total. The Labute approximate surface area is 112 Å². The molecule has 100 valence electrons. The molecule has 1 aromatic carbocycles. The van der Waals surface area contributed by atoms with E-state index in [1.54, 1.807) is 37.7 Å². The summed E-state index contributed by atoms with van der Waals surface area (Å²) in [6.45, 7) is 3.50. The van der Waals surface area contributed by atoms with Crippen molar-refractivity contribution in [3.8, 4) is 0 Å². The first-order valence-electron chi connectivity index (χ1n) is 6.03. The molecule has 0 spiro atoms. The first kappa shape index (κ1) is 15.0. The molecule has 0 saturated carbocycles. The van der Waals surface area contributed by atoms with Crippen LogP contribution in [0.2, 0.25) is 0 Å². The Balaban J connectivity index is 2.20. The van der Waals surface area contributed by atoms with E-state index in [2.05, 4.69) is 0 Å². The van der Waals surface area contributed by atoms with Gasteiger partial charge in [-0.15, -0.1) is 11.8 Å². The Kier molecular flexibility index (Phi) is 5.66. The van der Waals surface area contributed by atoms with Crippen LogP contribution in [-0.4, -0.2) is 16.8 Å². The lowest BCUT2D eigenvalue weighted by Crippen LogP contribution is -2.23. The van der Waals surface area contributed by atoms with Crippen molar-refractivity contribution in [2.45, 2.75) is 38.0 Å². The highest BCUT2D eigenvalue weighted by atomic mass is 32.2. The van der Waals surface area contributed by atoms with Crippen molar-refractivity contribution >= 4 is 17.7 Å². The Morgan fingerprint density at radius 1 is 1.28 bits per heavy atom. The molecule has 18 heavy (non-hydrogen) atoms. The molecule has 0 aliphatic heterocycles. The van der Waals surface area contributed by atoms with Crippen LogP contribution < -0.4 is 0 Å². The van der Waals surface area contributed by atoms with Gasteiger partial charge in [0.25, 0.3) is 0 Å². The number of aliphatic carboxylic acids is 1. The van der Waals surface area contributed by atoms with Crippen LogP contribution in [0.3, 0.4) is 0 Å². The normalized spacial score (nSPS) is 11.5. The van der Waals surface area contributed by atoms with Gasteiger partial charge in [-0.3, -0.25) is 4.79 Å². The van der Waals surface area contributed by atoms with E-state index in [-0.39, 0.29) is 5.82 Å². The zero-order valence-electron chi connectivity index (χ0n) is 10.8. The van der Waals surface area contributed by atoms with E-state index in [9.17, 15) is 9.18 Å². The summed E-state index contributed by atoms with van der Waals surface area (Å²) in [6.07, 6.45) is 2.55. The van der Waals surface area contributed by atoms with Gasteiger partial charge in [0.2, 0.25) is 0 Å². The van der Waals surface area contributed by atoms with Crippen LogP contribution in [0.15, 0.2) is 29.2 Å². The Morgan fingerprint density at radius 2 is 1.89 bits per heavy atom. The van der Waals surface area contributed by atoms with E-state index in [0.29, 0.717) is 6.42 Å². The fourth-order valence-corrected chi connectivity index (χ4v) is 2.41. The second-order valence-electron chi connectivity index (χ2n) is 4.95. The molecule has 0 aliphatic carbocycles. The minimum absolute atomic E-state index is 0.220. The van der Waals surface area contributed by atoms with Crippen molar-refractivity contribution in [1.29, 1.82) is 0 Å². The molecule has 1 aromatic rings. The Hall–Kier alpha value is -1.03. The lowest BCUT2D eigenvalue weighted by molar-refractivity contribution is -0.147. The molecule has 0 amide bonds. The average Bonchev–Trinajstić information content (AvgIpc) is 2.31. The molecule has 0 radical (unpaired) electrons. The molecular formula is C14H19FO2S. The Morgan fingerprint density at radius 3 is 2.44 bits per heavy atom. The zero-order chi connectivity index (χ0) is 13.6. The summed E-state index contributed by atoms with van der Waals surface area (Å²) in [5.41, 5.74) is -0.638. The predicted octanol–water partition coefficient (Wildman–Crippen LogP) is 4.20. The van der Waals surface area contributed by atoms with Gasteiger partial charge >= 0.3 is 5.97 Å². The highest BCUT2D eigenvalue weighted by molar-refractivity contribution is 7.99. The minimum Gasteiger partial charge on any atom is -0.481 e. The molecule has 0 heterocycles. The quantitative estimate of drug-likeness (QED) is 0.596. The fraction of sp³-hybridized carbons (Fsp3) is 0.500. The molecule has 0 fully saturated rings. The summed E-state index contributed by atoms with van der Waals surface area (Å²) < 4.78 is 12.7. The van der Waals surface area contributed by atoms with E-state index in [4.69, 9.17) is 5.11 Å². The summed E-state index contributed by atoms with van der Waals surface area (Å²) in [5.74, 6) is -0.0299. The van der Waals surface area contributed by atoms with E-state index >= 15 is 0 Å². The summed E-state index contributed by atoms with van der Waals surface area (Å²) in [6, 6.07) is 6.44. The number of rotatable bonds is 7. The number of hydrogen-bond acceptors (Lipinski definition) is 2. The van der Waals surface area contributed by atoms with Gasteiger partial charge in [0.15, 0.2) is 0 Å². The highest BCUT2D eigenvalue weighted by Crippen LogP contribution is 2.25. The standard InChI is InChI=1S/C14H19FO2S/c1-14(2,13(16)17)9-3-4-10-18-12-7-5-11(15)6-8-12/h5-8H,3-4,9-10H2,1-2H3,(H,16,17). The van der Waals surface area contributed by atoms with Crippen molar-refractivity contribution in [1.82, 2.24) is 0 Å². The van der Waals surface area contributed by atoms with Crippen molar-refractivity contribution in [3.05, 3.63) is 30.1 Å². The van der Waals surface area contributed by atoms with Crippen LogP contribution >= 0.6 is 11.8 Å². The molecule has 4 heteroatoms. The number of carboxylic acid groups (broad SMARTS) is 1. The number of carbonyl (C=O) groups is 1. The van der Waals surface area contributed by atoms with E-state index in [0.717, 1.165) is 23.5 Å². The van der Waals surface area contributed by atoms with E-state index < -0.39 is 11.4 Å². The fourth-order valence-electron chi connectivity index (χ4n) is 1.50. The van der Waals surface area contributed by atoms with Crippen molar-refractivity contribution in [2.75, 3.05) is 5.75 Å². The smallest absolute Gasteiger partial charge is 0.309 e. The van der Waals surface area contributed by atoms with Crippen molar-refractivity contribution < 1.29 is 14.3 Å². The van der Waals surface area contributed by atoms with Crippen molar-refractivity contribution in [3.63, 3.8) is 0 Å². The average molecular weight is 270 g/mol. The third kappa shape index (κ3) is 5.08. The topological polar surface area (TPSA) is 37.3 Å². The largest absolute Gasteiger partial charge is 0.481 e. The monoisotopic (exact) mass is 270 g/mol. The molecule has 0 bridgehead atoms. The van der Waals surface area contributed by atoms with Crippen LogP contribution in [-0.2, 0) is 4.79 Å². The highest BCUT2D eigenvalue weighted by Gasteiger charge is 2.25. The lowest BCUT2D eigenvalue weighted by atomic mass is 9.88. The molecular weight excluding hydrogens is 251 g/mol. The number of benzene rings is 1. The number of carboxylic acids is 1. The third-order valence-electron chi connectivity index (χ3n) is 2.86. The van der Waals surface area contributed by atoms with Gasteiger partial charge in [-0.2, -0.15) is 0 Å². The van der Waals surface area contributed by atoms with Gasteiger partial charge in [0.1, 0.15) is 5.82 Å². The molecule has 0 saturated heterocycles. The summed E-state index contributed by atoms with van der Waals surface area (Å²) in [5, 5.41) is 8.96. The van der Waals surface area contributed by atoms with Gasteiger partial charge in [-0.1, -0.05) is 6.42 Å². The van der Waals surface area contributed by atoms with Gasteiger partial charge in [0, 0.05) is 4.90 Å². The number of halogens is 1. The van der Waals surface area contributed by atoms with Crippen LogP contribution in [0.4, 0.5) is 4.39 Å². The van der Waals surface area contributed by atoms with Crippen molar-refractivity contribution in [2.24, 2.45) is 5.41 Å². The van der Waals surface area contributed by atoms with Crippen LogP contribution in [0.25, 0.3) is 0 Å². The molecule has 0 atom stereocenters. The Bertz CT molecular complexity index is 387. The maximum atomic E-state index is 12.7. The maximum Gasteiger partial charge on any atom is 0.309 e. The third-order valence-corrected chi connectivity index (χ3v) is 3.96. The summed E-state index contributed by atoms with van der Waals surface area (Å²) >= 11 is 1.67. The molecule has 0 aliphatic rings. The van der Waals surface area contributed by atoms with E-state index in [1.165, 1.54) is 12.1 Å².